The quantitative estimate of drug-likeness (QED) is 0.325. The number of hydrogen-bond donors (Lipinski definition) is 2. The molecule has 0 fully saturated rings. The van der Waals surface area contributed by atoms with Gasteiger partial charge in [-0.05, 0) is 49.9 Å². The van der Waals surface area contributed by atoms with Crippen molar-refractivity contribution in [2.45, 2.75) is 45.9 Å². The second kappa shape index (κ2) is 11.6. The number of nitrogens with zero attached hydrogens (tertiary/aromatic N) is 5. The lowest BCUT2D eigenvalue weighted by molar-refractivity contribution is 0.0685. The molecule has 0 bridgehead atoms. The van der Waals surface area contributed by atoms with E-state index in [9.17, 15) is 27.5 Å². The molecule has 4 rings (SSSR count). The van der Waals surface area contributed by atoms with Crippen LogP contribution < -0.4 is 14.6 Å². The predicted octanol–water partition coefficient (Wildman–Crippen LogP) is 1.46. The van der Waals surface area contributed by atoms with Gasteiger partial charge in [-0.15, -0.1) is 5.10 Å². The Labute approximate surface area is 231 Å². The molecule has 3 heterocycles. The number of carbonyl (C=O) groups is 1. The van der Waals surface area contributed by atoms with Crippen molar-refractivity contribution in [1.29, 1.82) is 0 Å². The number of sulfonamides is 1. The lowest BCUT2D eigenvalue weighted by Gasteiger charge is -2.33. The van der Waals surface area contributed by atoms with Gasteiger partial charge in [0.25, 0.3) is 11.5 Å². The Balaban J connectivity index is 2.05. The average Bonchev–Trinajstić information content (AvgIpc) is 3.29. The van der Waals surface area contributed by atoms with Crippen molar-refractivity contribution in [2.75, 3.05) is 43.9 Å². The Morgan fingerprint density at radius 3 is 2.55 bits per heavy atom. The van der Waals surface area contributed by atoms with E-state index in [2.05, 4.69) is 5.10 Å². The van der Waals surface area contributed by atoms with Crippen LogP contribution in [0.3, 0.4) is 0 Å². The number of amides is 1. The summed E-state index contributed by atoms with van der Waals surface area (Å²) < 4.78 is 49.8. The Hall–Kier alpha value is -3.49. The molecule has 0 aliphatic carbocycles. The zero-order valence-corrected chi connectivity index (χ0v) is 23.7. The molecule has 3 aromatic rings. The van der Waals surface area contributed by atoms with E-state index in [1.807, 2.05) is 13.8 Å². The molecule has 1 amide bonds. The van der Waals surface area contributed by atoms with Crippen LogP contribution in [0.2, 0.25) is 0 Å². The van der Waals surface area contributed by atoms with Crippen LogP contribution in [0.4, 0.5) is 10.2 Å². The maximum Gasteiger partial charge on any atom is 0.280 e. The number of rotatable bonds is 11. The highest BCUT2D eigenvalue weighted by molar-refractivity contribution is 7.92. The monoisotopic (exact) mass is 579 g/mol. The van der Waals surface area contributed by atoms with Gasteiger partial charge in [0, 0.05) is 32.8 Å². The maximum absolute atomic E-state index is 13.9. The molecule has 1 aliphatic rings. The number of methoxy groups -OCH3 is 1. The molecule has 1 aromatic carbocycles. The number of carbonyl (C=O) groups excluding carboxylic acids is 1. The molecule has 218 valence electrons. The summed E-state index contributed by atoms with van der Waals surface area (Å²) in [6.45, 7) is 3.60. The first-order chi connectivity index (χ1) is 19.0. The van der Waals surface area contributed by atoms with Crippen LogP contribution in [0, 0.1) is 5.82 Å². The van der Waals surface area contributed by atoms with Crippen molar-refractivity contribution in [3.63, 3.8) is 0 Å². The topological polar surface area (TPSA) is 147 Å². The van der Waals surface area contributed by atoms with E-state index < -0.39 is 28.0 Å². The minimum atomic E-state index is -3.96. The summed E-state index contributed by atoms with van der Waals surface area (Å²) in [6.07, 6.45) is 0.494. The fraction of sp³-hybridized carbons (Fsp3) is 0.500. The molecular weight excluding hydrogens is 545 g/mol. The van der Waals surface area contributed by atoms with Crippen molar-refractivity contribution >= 4 is 32.7 Å². The molecule has 2 N–H and O–H groups in total. The number of fused-ring (bicyclic) bond motifs is 3. The van der Waals surface area contributed by atoms with Crippen molar-refractivity contribution in [2.24, 2.45) is 0 Å². The number of unbranched alkanes of at least 4 members (excludes halogenated alkanes) is 1. The Kier molecular flexibility index (Phi) is 8.52. The summed E-state index contributed by atoms with van der Waals surface area (Å²) in [5.74, 6) is -1.27. The molecule has 1 atom stereocenters. The summed E-state index contributed by atoms with van der Waals surface area (Å²) in [7, 11) is -1.31. The van der Waals surface area contributed by atoms with Crippen molar-refractivity contribution in [1.82, 2.24) is 19.2 Å². The summed E-state index contributed by atoms with van der Waals surface area (Å²) in [6, 6.07) is 3.42. The van der Waals surface area contributed by atoms with Gasteiger partial charge >= 0.3 is 0 Å². The predicted molar refractivity (Wildman–Crippen MR) is 147 cm³/mol. The van der Waals surface area contributed by atoms with Crippen molar-refractivity contribution < 1.29 is 32.6 Å². The normalized spacial score (nSPS) is 15.5. The van der Waals surface area contributed by atoms with Crippen molar-refractivity contribution in [3.8, 4) is 5.75 Å². The summed E-state index contributed by atoms with van der Waals surface area (Å²) >= 11 is 0. The molecule has 12 nitrogen and oxygen atoms in total. The first-order valence-electron chi connectivity index (χ1n) is 13.0. The van der Waals surface area contributed by atoms with Gasteiger partial charge in [-0.2, -0.15) is 0 Å². The number of aromatic nitrogens is 3. The van der Waals surface area contributed by atoms with Gasteiger partial charge in [-0.3, -0.25) is 13.9 Å². The van der Waals surface area contributed by atoms with Crippen LogP contribution in [0.5, 0.6) is 5.75 Å². The average molecular weight is 580 g/mol. The number of benzene rings is 1. The Morgan fingerprint density at radius 2 is 1.93 bits per heavy atom. The minimum Gasteiger partial charge on any atom is -0.493 e. The van der Waals surface area contributed by atoms with E-state index in [4.69, 9.17) is 9.84 Å². The molecule has 0 saturated carbocycles. The third-order valence-corrected chi connectivity index (χ3v) is 9.03. The number of aliphatic hydroxyl groups excluding tert-OH is 2. The lowest BCUT2D eigenvalue weighted by Crippen LogP contribution is -2.42. The number of halogens is 1. The molecule has 0 radical (unpaired) electrons. The summed E-state index contributed by atoms with van der Waals surface area (Å²) in [4.78, 5) is 29.0. The third kappa shape index (κ3) is 5.06. The number of hydrogen-bond acceptors (Lipinski definition) is 8. The highest BCUT2D eigenvalue weighted by atomic mass is 32.2. The van der Waals surface area contributed by atoms with Crippen LogP contribution in [0.25, 0.3) is 10.9 Å². The van der Waals surface area contributed by atoms with Crippen molar-refractivity contribution in [3.05, 3.63) is 51.2 Å². The van der Waals surface area contributed by atoms with E-state index >= 15 is 0 Å². The second-order valence-corrected chi connectivity index (χ2v) is 11.9. The highest BCUT2D eigenvalue weighted by Gasteiger charge is 2.38. The standard InChI is InChI=1S/C26H34FN5O7S/c1-5-30-13-16(2)32-21-20(23(39-4)22(32)26(30)36)25(35)31(14-17-8-9-19(27)12-18(17)15-34)28-24(21)29(3)40(37,38)11-7-6-10-33/h8-9,12,16,33-34H,5-7,10-11,13-15H2,1-4H3/t16-/m0/s1. The fourth-order valence-electron chi connectivity index (χ4n) is 5.11. The fourth-order valence-corrected chi connectivity index (χ4v) is 6.34. The molecule has 0 unspecified atom stereocenters. The minimum absolute atomic E-state index is 0.00859. The van der Waals surface area contributed by atoms with Gasteiger partial charge in [-0.1, -0.05) is 6.07 Å². The van der Waals surface area contributed by atoms with Gasteiger partial charge in [-0.25, -0.2) is 17.5 Å². The van der Waals surface area contributed by atoms with Crippen LogP contribution in [-0.4, -0.2) is 83.4 Å². The van der Waals surface area contributed by atoms with Crippen LogP contribution in [0.1, 0.15) is 54.3 Å². The van der Waals surface area contributed by atoms with Gasteiger partial charge < -0.3 is 24.4 Å². The molecule has 14 heteroatoms. The van der Waals surface area contributed by atoms with E-state index in [1.165, 1.54) is 26.3 Å². The number of aliphatic hydroxyl groups is 2. The number of ether oxygens (including phenoxy) is 1. The first kappa shape index (κ1) is 29.5. The van der Waals surface area contributed by atoms with Crippen LogP contribution in [-0.2, 0) is 23.2 Å². The van der Waals surface area contributed by atoms with Gasteiger partial charge in [0.15, 0.2) is 17.3 Å². The SMILES string of the molecule is CCN1C[C@H](C)n2c(c(OC)c3c(=O)n(Cc4ccc(F)cc4CO)nc(N(C)S(=O)(=O)CCCCO)c32)C1=O. The number of anilines is 1. The third-order valence-electron chi connectivity index (χ3n) is 7.22. The van der Waals surface area contributed by atoms with E-state index in [-0.39, 0.29) is 77.4 Å². The lowest BCUT2D eigenvalue weighted by atomic mass is 10.1. The van der Waals surface area contributed by atoms with Gasteiger partial charge in [0.1, 0.15) is 16.7 Å². The molecular formula is C26H34FN5O7S. The molecule has 0 saturated heterocycles. The van der Waals surface area contributed by atoms with Crippen LogP contribution >= 0.6 is 0 Å². The zero-order chi connectivity index (χ0) is 29.4. The van der Waals surface area contributed by atoms with Gasteiger partial charge in [0.2, 0.25) is 10.0 Å². The molecule has 2 aromatic heterocycles. The number of likely N-dealkylation sites (N-methyl/N-ethyl adjacent to an activating group) is 1. The second-order valence-electron chi connectivity index (χ2n) is 9.74. The Bertz CT molecular complexity index is 1600. The first-order valence-corrected chi connectivity index (χ1v) is 14.6. The van der Waals surface area contributed by atoms with E-state index in [0.717, 1.165) is 15.1 Å². The zero-order valence-electron chi connectivity index (χ0n) is 22.9. The molecule has 0 spiro atoms. The van der Waals surface area contributed by atoms with E-state index in [0.29, 0.717) is 18.7 Å². The molecule has 1 aliphatic heterocycles. The highest BCUT2D eigenvalue weighted by Crippen LogP contribution is 2.41. The van der Waals surface area contributed by atoms with E-state index in [1.54, 1.807) is 9.47 Å². The van der Waals surface area contributed by atoms with Gasteiger partial charge in [0.05, 0.1) is 26.0 Å². The summed E-state index contributed by atoms with van der Waals surface area (Å²) in [5.41, 5.74) is 0.284. The maximum atomic E-state index is 13.9. The smallest absolute Gasteiger partial charge is 0.280 e. The Morgan fingerprint density at radius 1 is 1.20 bits per heavy atom. The molecule has 40 heavy (non-hydrogen) atoms. The summed E-state index contributed by atoms with van der Waals surface area (Å²) in [5, 5.41) is 23.4. The van der Waals surface area contributed by atoms with Crippen LogP contribution in [0.15, 0.2) is 23.0 Å². The largest absolute Gasteiger partial charge is 0.493 e.